The van der Waals surface area contributed by atoms with E-state index in [1.54, 1.807) is 0 Å². The monoisotopic (exact) mass is 347 g/mol. The minimum Gasteiger partial charge on any atom is -0.477 e. The van der Waals surface area contributed by atoms with Gasteiger partial charge in [-0.05, 0) is 38.1 Å². The Labute approximate surface area is 149 Å². The number of hydrogen-bond donors (Lipinski definition) is 2. The molecule has 6 nitrogen and oxygen atoms in total. The molecule has 0 spiro atoms. The zero-order valence-electron chi connectivity index (χ0n) is 15.0. The molecule has 2 heterocycles. The van der Waals surface area contributed by atoms with E-state index in [2.05, 4.69) is 10.2 Å². The molecule has 2 aliphatic rings. The van der Waals surface area contributed by atoms with Gasteiger partial charge in [-0.2, -0.15) is 0 Å². The maximum atomic E-state index is 12.2. The lowest BCUT2D eigenvalue weighted by atomic mass is 10.0. The molecule has 2 fully saturated rings. The lowest BCUT2D eigenvalue weighted by molar-refractivity contribution is -0.181. The first-order valence-corrected chi connectivity index (χ1v) is 9.33. The third-order valence-corrected chi connectivity index (χ3v) is 5.49. The van der Waals surface area contributed by atoms with Crippen molar-refractivity contribution in [1.29, 1.82) is 0 Å². The Hall–Kier alpha value is -1.63. The Morgan fingerprint density at radius 1 is 1.20 bits per heavy atom. The SMILES string of the molecule is CCC(Oc1ccccc1)(C(=O)O)N1CCN(C2CCNCC2)CC1. The first-order chi connectivity index (χ1) is 12.2. The van der Waals surface area contributed by atoms with Crippen molar-refractivity contribution in [2.24, 2.45) is 0 Å². The van der Waals surface area contributed by atoms with Crippen LogP contribution in [0.25, 0.3) is 0 Å². The van der Waals surface area contributed by atoms with Crippen molar-refractivity contribution in [2.75, 3.05) is 39.3 Å². The second kappa shape index (κ2) is 8.17. The minimum absolute atomic E-state index is 0.407. The Morgan fingerprint density at radius 2 is 1.84 bits per heavy atom. The van der Waals surface area contributed by atoms with Gasteiger partial charge >= 0.3 is 5.97 Å². The number of piperidine rings is 1. The summed E-state index contributed by atoms with van der Waals surface area (Å²) in [5.74, 6) is -0.304. The van der Waals surface area contributed by atoms with Crippen molar-refractivity contribution in [3.63, 3.8) is 0 Å². The summed E-state index contributed by atoms with van der Waals surface area (Å²) in [6.07, 6.45) is 2.77. The number of hydrogen-bond acceptors (Lipinski definition) is 5. The van der Waals surface area contributed by atoms with Crippen LogP contribution in [0.4, 0.5) is 0 Å². The third kappa shape index (κ3) is 3.97. The number of carboxylic acids is 1. The summed E-state index contributed by atoms with van der Waals surface area (Å²) in [4.78, 5) is 16.7. The van der Waals surface area contributed by atoms with E-state index >= 15 is 0 Å². The Bertz CT molecular complexity index is 554. The van der Waals surface area contributed by atoms with Crippen molar-refractivity contribution in [1.82, 2.24) is 15.1 Å². The van der Waals surface area contributed by atoms with Crippen molar-refractivity contribution in [2.45, 2.75) is 38.0 Å². The lowest BCUT2D eigenvalue weighted by Crippen LogP contribution is -2.64. The minimum atomic E-state index is -1.29. The third-order valence-electron chi connectivity index (χ3n) is 5.49. The van der Waals surface area contributed by atoms with Crippen LogP contribution in [0, 0.1) is 0 Å². The second-order valence-electron chi connectivity index (χ2n) is 6.86. The fraction of sp³-hybridized carbons (Fsp3) is 0.632. The molecule has 2 aliphatic heterocycles. The van der Waals surface area contributed by atoms with E-state index in [0.29, 0.717) is 18.2 Å². The molecule has 2 saturated heterocycles. The first-order valence-electron chi connectivity index (χ1n) is 9.33. The molecule has 1 atom stereocenters. The summed E-state index contributed by atoms with van der Waals surface area (Å²) in [6.45, 7) is 7.28. The highest BCUT2D eigenvalue weighted by atomic mass is 16.5. The smallest absolute Gasteiger partial charge is 0.364 e. The van der Waals surface area contributed by atoms with E-state index in [1.807, 2.05) is 42.2 Å². The summed E-state index contributed by atoms with van der Waals surface area (Å²) in [7, 11) is 0. The fourth-order valence-corrected chi connectivity index (χ4v) is 3.99. The van der Waals surface area contributed by atoms with Crippen LogP contribution in [0.15, 0.2) is 30.3 Å². The van der Waals surface area contributed by atoms with Crippen LogP contribution in [-0.4, -0.2) is 71.9 Å². The van der Waals surface area contributed by atoms with Gasteiger partial charge in [-0.25, -0.2) is 4.79 Å². The molecule has 0 saturated carbocycles. The normalized spacial score (nSPS) is 23.1. The molecule has 1 unspecified atom stereocenters. The number of ether oxygens (including phenoxy) is 1. The van der Waals surface area contributed by atoms with Crippen molar-refractivity contribution in [3.05, 3.63) is 30.3 Å². The highest BCUT2D eigenvalue weighted by Crippen LogP contribution is 2.28. The molecule has 0 amide bonds. The van der Waals surface area contributed by atoms with Crippen LogP contribution in [-0.2, 0) is 4.79 Å². The van der Waals surface area contributed by atoms with Gasteiger partial charge in [0.25, 0.3) is 5.72 Å². The highest BCUT2D eigenvalue weighted by molar-refractivity contribution is 5.77. The van der Waals surface area contributed by atoms with E-state index in [4.69, 9.17) is 4.74 Å². The standard InChI is InChI=1S/C19H29N3O3/c1-2-19(18(23)24,25-17-6-4-3-5-7-17)22-14-12-21(13-15-22)16-8-10-20-11-9-16/h3-7,16,20H,2,8-15H2,1H3,(H,23,24). The van der Waals surface area contributed by atoms with E-state index in [-0.39, 0.29) is 0 Å². The zero-order valence-corrected chi connectivity index (χ0v) is 15.0. The van der Waals surface area contributed by atoms with Crippen LogP contribution < -0.4 is 10.1 Å². The van der Waals surface area contributed by atoms with Crippen LogP contribution >= 0.6 is 0 Å². The van der Waals surface area contributed by atoms with Gasteiger partial charge in [0.1, 0.15) is 5.75 Å². The first kappa shape index (κ1) is 18.2. The van der Waals surface area contributed by atoms with Gasteiger partial charge in [-0.15, -0.1) is 0 Å². The molecule has 0 radical (unpaired) electrons. The largest absolute Gasteiger partial charge is 0.477 e. The number of benzene rings is 1. The number of aliphatic carboxylic acids is 1. The number of para-hydroxylation sites is 1. The van der Waals surface area contributed by atoms with Crippen LogP contribution in [0.1, 0.15) is 26.2 Å². The highest BCUT2D eigenvalue weighted by Gasteiger charge is 2.47. The Balaban J connectivity index is 1.69. The molecular formula is C19H29N3O3. The van der Waals surface area contributed by atoms with Crippen LogP contribution in [0.2, 0.25) is 0 Å². The Kier molecular flexibility index (Phi) is 5.93. The predicted molar refractivity (Wildman–Crippen MR) is 96.8 cm³/mol. The summed E-state index contributed by atoms with van der Waals surface area (Å²) in [6, 6.07) is 9.90. The number of piperazine rings is 1. The molecule has 0 aliphatic carbocycles. The van der Waals surface area contributed by atoms with Gasteiger partial charge in [-0.1, -0.05) is 25.1 Å². The molecule has 3 rings (SSSR count). The topological polar surface area (TPSA) is 65.0 Å². The fourth-order valence-electron chi connectivity index (χ4n) is 3.99. The van der Waals surface area contributed by atoms with E-state index in [0.717, 1.165) is 39.3 Å². The van der Waals surface area contributed by atoms with E-state index in [9.17, 15) is 9.90 Å². The van der Waals surface area contributed by atoms with Gasteiger partial charge < -0.3 is 15.2 Å². The average molecular weight is 347 g/mol. The van der Waals surface area contributed by atoms with Crippen molar-refractivity contribution in [3.8, 4) is 5.75 Å². The number of carboxylic acid groups (broad SMARTS) is 1. The number of nitrogens with one attached hydrogen (secondary N) is 1. The molecule has 138 valence electrons. The van der Waals surface area contributed by atoms with Crippen molar-refractivity contribution < 1.29 is 14.6 Å². The van der Waals surface area contributed by atoms with Gasteiger partial charge in [0.2, 0.25) is 0 Å². The van der Waals surface area contributed by atoms with Gasteiger partial charge in [-0.3, -0.25) is 9.80 Å². The van der Waals surface area contributed by atoms with Gasteiger partial charge in [0, 0.05) is 38.6 Å². The molecule has 25 heavy (non-hydrogen) atoms. The summed E-state index contributed by atoms with van der Waals surface area (Å²) < 4.78 is 6.03. The predicted octanol–water partition coefficient (Wildman–Crippen LogP) is 1.63. The molecule has 0 aromatic heterocycles. The molecule has 2 N–H and O–H groups in total. The molecular weight excluding hydrogens is 318 g/mol. The molecule has 0 bridgehead atoms. The summed E-state index contributed by atoms with van der Waals surface area (Å²) >= 11 is 0. The maximum absolute atomic E-state index is 12.2. The van der Waals surface area contributed by atoms with Crippen LogP contribution in [0.3, 0.4) is 0 Å². The molecule has 6 heteroatoms. The summed E-state index contributed by atoms with van der Waals surface area (Å²) in [5, 5.41) is 13.4. The number of nitrogens with zero attached hydrogens (tertiary/aromatic N) is 2. The quantitative estimate of drug-likeness (QED) is 0.815. The maximum Gasteiger partial charge on any atom is 0.364 e. The lowest BCUT2D eigenvalue weighted by Gasteiger charge is -2.46. The molecule has 1 aromatic carbocycles. The average Bonchev–Trinajstić information content (AvgIpc) is 2.67. The Morgan fingerprint density at radius 3 is 2.40 bits per heavy atom. The van der Waals surface area contributed by atoms with Crippen LogP contribution in [0.5, 0.6) is 5.75 Å². The molecule has 1 aromatic rings. The zero-order chi connectivity index (χ0) is 17.7. The summed E-state index contributed by atoms with van der Waals surface area (Å²) in [5.41, 5.74) is -1.29. The van der Waals surface area contributed by atoms with Gasteiger partial charge in [0.15, 0.2) is 0 Å². The number of rotatable bonds is 6. The van der Waals surface area contributed by atoms with E-state index in [1.165, 1.54) is 12.8 Å². The van der Waals surface area contributed by atoms with Gasteiger partial charge in [0.05, 0.1) is 0 Å². The number of carbonyl (C=O) groups is 1. The van der Waals surface area contributed by atoms with E-state index < -0.39 is 11.7 Å². The van der Waals surface area contributed by atoms with Crippen molar-refractivity contribution >= 4 is 5.97 Å². The second-order valence-corrected chi connectivity index (χ2v) is 6.86.